The fraction of sp³-hybridized carbons (Fsp3) is 0.500. The Balaban J connectivity index is 1.75. The zero-order valence-electron chi connectivity index (χ0n) is 10.6. The van der Waals surface area contributed by atoms with E-state index in [4.69, 9.17) is 4.74 Å². The van der Waals surface area contributed by atoms with Crippen LogP contribution in [0.5, 0.6) is 5.75 Å². The molecule has 2 atom stereocenters. The van der Waals surface area contributed by atoms with Crippen molar-refractivity contribution in [2.45, 2.75) is 31.3 Å². The number of carbonyl (C=O) groups is 1. The Labute approximate surface area is 121 Å². The van der Waals surface area contributed by atoms with Gasteiger partial charge in [0, 0.05) is 16.5 Å². The van der Waals surface area contributed by atoms with Crippen molar-refractivity contribution < 1.29 is 9.53 Å². The summed E-state index contributed by atoms with van der Waals surface area (Å²) in [4.78, 5) is 12.2. The minimum atomic E-state index is -0.0292. The molecule has 0 radical (unpaired) electrons. The summed E-state index contributed by atoms with van der Waals surface area (Å²) in [6.45, 7) is 1.59. The van der Waals surface area contributed by atoms with Crippen LogP contribution < -0.4 is 15.4 Å². The number of nitrogens with one attached hydrogen (secondary N) is 2. The summed E-state index contributed by atoms with van der Waals surface area (Å²) in [7, 11) is 0. The maximum absolute atomic E-state index is 12.2. The second kappa shape index (κ2) is 5.51. The molecule has 4 nitrogen and oxygen atoms in total. The molecule has 0 saturated carbocycles. The Hall–Kier alpha value is -1.07. The minimum Gasteiger partial charge on any atom is -0.493 e. The molecule has 0 aliphatic carbocycles. The molecule has 5 heteroatoms. The highest BCUT2D eigenvalue weighted by atomic mass is 79.9. The van der Waals surface area contributed by atoms with Crippen molar-refractivity contribution in [2.24, 2.45) is 0 Å². The molecule has 2 heterocycles. The molecule has 0 aromatic heterocycles. The summed E-state index contributed by atoms with van der Waals surface area (Å²) in [6, 6.07) is 5.96. The van der Waals surface area contributed by atoms with E-state index in [1.54, 1.807) is 0 Å². The van der Waals surface area contributed by atoms with Crippen LogP contribution in [0.1, 0.15) is 30.9 Å². The lowest BCUT2D eigenvalue weighted by molar-refractivity contribution is -0.123. The van der Waals surface area contributed by atoms with Crippen molar-refractivity contribution >= 4 is 21.8 Å². The van der Waals surface area contributed by atoms with E-state index in [9.17, 15) is 4.79 Å². The first-order valence-electron chi connectivity index (χ1n) is 6.70. The molecule has 1 aromatic carbocycles. The number of fused-ring (bicyclic) bond motifs is 1. The molecule has 3 rings (SSSR count). The number of hydrogen-bond donors (Lipinski definition) is 2. The van der Waals surface area contributed by atoms with Crippen LogP contribution >= 0.6 is 15.9 Å². The summed E-state index contributed by atoms with van der Waals surface area (Å²) >= 11 is 3.47. The summed E-state index contributed by atoms with van der Waals surface area (Å²) in [6.07, 6.45) is 2.83. The average Bonchev–Trinajstić information content (AvgIpc) is 2.93. The Morgan fingerprint density at radius 3 is 3.11 bits per heavy atom. The van der Waals surface area contributed by atoms with Crippen LogP contribution in [0.4, 0.5) is 0 Å². The van der Waals surface area contributed by atoms with Gasteiger partial charge in [-0.15, -0.1) is 0 Å². The standard InChI is InChI=1S/C14H17BrN2O2/c15-9-3-4-13-10(8-9)11(5-7-19-13)17-14(18)12-2-1-6-16-12/h3-4,8,11-12,16H,1-2,5-7H2,(H,17,18). The maximum atomic E-state index is 12.2. The predicted molar refractivity (Wildman–Crippen MR) is 76.2 cm³/mol. The van der Waals surface area contributed by atoms with Gasteiger partial charge in [-0.2, -0.15) is 0 Å². The van der Waals surface area contributed by atoms with Crippen LogP contribution in [0.2, 0.25) is 0 Å². The molecule has 0 bridgehead atoms. The number of carbonyl (C=O) groups excluding carboxylic acids is 1. The number of benzene rings is 1. The lowest BCUT2D eigenvalue weighted by Gasteiger charge is -2.28. The Morgan fingerprint density at radius 2 is 2.32 bits per heavy atom. The smallest absolute Gasteiger partial charge is 0.237 e. The molecule has 1 saturated heterocycles. The number of rotatable bonds is 2. The van der Waals surface area contributed by atoms with Crippen LogP contribution in [-0.2, 0) is 4.79 Å². The van der Waals surface area contributed by atoms with E-state index in [0.29, 0.717) is 6.61 Å². The first kappa shape index (κ1) is 12.9. The first-order chi connectivity index (χ1) is 9.24. The van der Waals surface area contributed by atoms with Gasteiger partial charge >= 0.3 is 0 Å². The SMILES string of the molecule is O=C(NC1CCOc2ccc(Br)cc21)C1CCCN1. The van der Waals surface area contributed by atoms with Crippen molar-refractivity contribution in [3.05, 3.63) is 28.2 Å². The van der Waals surface area contributed by atoms with Gasteiger partial charge in [-0.1, -0.05) is 15.9 Å². The van der Waals surface area contributed by atoms with Crippen LogP contribution in [0.3, 0.4) is 0 Å². The summed E-state index contributed by atoms with van der Waals surface area (Å²) in [5.74, 6) is 0.981. The lowest BCUT2D eigenvalue weighted by atomic mass is 10.00. The minimum absolute atomic E-state index is 0.0292. The fourth-order valence-electron chi connectivity index (χ4n) is 2.70. The molecule has 19 heavy (non-hydrogen) atoms. The first-order valence-corrected chi connectivity index (χ1v) is 7.49. The van der Waals surface area contributed by atoms with Crippen LogP contribution in [0, 0.1) is 0 Å². The van der Waals surface area contributed by atoms with Gasteiger partial charge in [0.25, 0.3) is 0 Å². The van der Waals surface area contributed by atoms with E-state index in [-0.39, 0.29) is 18.0 Å². The van der Waals surface area contributed by atoms with Gasteiger partial charge in [0.05, 0.1) is 18.7 Å². The van der Waals surface area contributed by atoms with Gasteiger partial charge in [-0.05, 0) is 37.6 Å². The molecule has 2 unspecified atom stereocenters. The monoisotopic (exact) mass is 324 g/mol. The van der Waals surface area contributed by atoms with E-state index in [2.05, 4.69) is 26.6 Å². The molecule has 2 aliphatic rings. The molecule has 1 aromatic rings. The van der Waals surface area contributed by atoms with Gasteiger partial charge < -0.3 is 15.4 Å². The molecule has 1 amide bonds. The highest BCUT2D eigenvalue weighted by molar-refractivity contribution is 9.10. The van der Waals surface area contributed by atoms with Gasteiger partial charge in [0.1, 0.15) is 5.75 Å². The van der Waals surface area contributed by atoms with Gasteiger partial charge in [-0.25, -0.2) is 0 Å². The van der Waals surface area contributed by atoms with Crippen molar-refractivity contribution in [1.29, 1.82) is 0 Å². The molecule has 102 valence electrons. The third-order valence-corrected chi connectivity index (χ3v) is 4.20. The summed E-state index contributed by atoms with van der Waals surface area (Å²) < 4.78 is 6.64. The maximum Gasteiger partial charge on any atom is 0.237 e. The van der Waals surface area contributed by atoms with Crippen molar-refractivity contribution in [1.82, 2.24) is 10.6 Å². The third-order valence-electron chi connectivity index (χ3n) is 3.70. The molecular weight excluding hydrogens is 308 g/mol. The van der Waals surface area contributed by atoms with Gasteiger partial charge in [0.2, 0.25) is 5.91 Å². The summed E-state index contributed by atoms with van der Waals surface area (Å²) in [5.41, 5.74) is 1.06. The van der Waals surface area contributed by atoms with Crippen LogP contribution in [-0.4, -0.2) is 25.1 Å². The predicted octanol–water partition coefficient (Wildman–Crippen LogP) is 2.14. The number of ether oxygens (including phenoxy) is 1. The van der Waals surface area contributed by atoms with E-state index in [1.165, 1.54) is 0 Å². The zero-order chi connectivity index (χ0) is 13.2. The van der Waals surface area contributed by atoms with Crippen LogP contribution in [0.15, 0.2) is 22.7 Å². The van der Waals surface area contributed by atoms with E-state index < -0.39 is 0 Å². The molecule has 0 spiro atoms. The second-order valence-electron chi connectivity index (χ2n) is 5.03. The van der Waals surface area contributed by atoms with Gasteiger partial charge in [0.15, 0.2) is 0 Å². The second-order valence-corrected chi connectivity index (χ2v) is 5.95. The number of halogens is 1. The van der Waals surface area contributed by atoms with Crippen molar-refractivity contribution in [2.75, 3.05) is 13.2 Å². The molecule has 2 N–H and O–H groups in total. The normalized spacial score (nSPS) is 25.5. The van der Waals surface area contributed by atoms with Crippen molar-refractivity contribution in [3.63, 3.8) is 0 Å². The molecular formula is C14H17BrN2O2. The van der Waals surface area contributed by atoms with Gasteiger partial charge in [-0.3, -0.25) is 4.79 Å². The third kappa shape index (κ3) is 2.77. The highest BCUT2D eigenvalue weighted by Crippen LogP contribution is 2.34. The topological polar surface area (TPSA) is 50.4 Å². The van der Waals surface area contributed by atoms with E-state index in [1.807, 2.05) is 18.2 Å². The highest BCUT2D eigenvalue weighted by Gasteiger charge is 2.27. The zero-order valence-corrected chi connectivity index (χ0v) is 12.2. The summed E-state index contributed by atoms with van der Waals surface area (Å²) in [5, 5.41) is 6.37. The average molecular weight is 325 g/mol. The fourth-order valence-corrected chi connectivity index (χ4v) is 3.07. The molecule has 1 fully saturated rings. The van der Waals surface area contributed by atoms with E-state index >= 15 is 0 Å². The van der Waals surface area contributed by atoms with Crippen LogP contribution in [0.25, 0.3) is 0 Å². The Kier molecular flexibility index (Phi) is 3.75. The van der Waals surface area contributed by atoms with Crippen molar-refractivity contribution in [3.8, 4) is 5.75 Å². The lowest BCUT2D eigenvalue weighted by Crippen LogP contribution is -2.43. The number of amides is 1. The quantitative estimate of drug-likeness (QED) is 0.876. The van der Waals surface area contributed by atoms with E-state index in [0.717, 1.165) is 41.6 Å². The Bertz CT molecular complexity index is 486. The Morgan fingerprint density at radius 1 is 1.42 bits per heavy atom. The number of hydrogen-bond acceptors (Lipinski definition) is 3. The largest absolute Gasteiger partial charge is 0.493 e. The molecule has 2 aliphatic heterocycles.